The molecular weight excluding hydrogens is 292 g/mol. The number of hydrogen-bond donors (Lipinski definition) is 1. The van der Waals surface area contributed by atoms with Gasteiger partial charge in [-0.05, 0) is 25.5 Å². The van der Waals surface area contributed by atoms with Crippen LogP contribution in [-0.4, -0.2) is 26.2 Å². The Kier molecular flexibility index (Phi) is 3.26. The third-order valence-corrected chi connectivity index (χ3v) is 4.06. The number of cyclic esters (lactones) is 1. The zero-order chi connectivity index (χ0) is 15.2. The van der Waals surface area contributed by atoms with Crippen LogP contribution in [0.3, 0.4) is 0 Å². The molecule has 21 heavy (non-hydrogen) atoms. The predicted octanol–water partition coefficient (Wildman–Crippen LogP) is 2.57. The highest BCUT2D eigenvalue weighted by molar-refractivity contribution is 6.33. The molecule has 2 aromatic rings. The topological polar surface area (TPSA) is 64.4 Å². The molecule has 1 aliphatic heterocycles. The van der Waals surface area contributed by atoms with E-state index in [9.17, 15) is 9.90 Å². The lowest BCUT2D eigenvalue weighted by molar-refractivity contribution is -0.0268. The minimum absolute atomic E-state index is 0.142. The quantitative estimate of drug-likeness (QED) is 0.866. The molecule has 1 aromatic heterocycles. The first-order valence-electron chi connectivity index (χ1n) is 6.59. The fraction of sp³-hybridized carbons (Fsp3) is 0.333. The van der Waals surface area contributed by atoms with Crippen LogP contribution in [0.4, 0.5) is 0 Å². The number of carbonyl (C=O) groups is 1. The molecule has 110 valence electrons. The number of fused-ring (bicyclic) bond motifs is 1. The van der Waals surface area contributed by atoms with Gasteiger partial charge in [-0.1, -0.05) is 23.7 Å². The molecular formula is C15H15ClN2O3. The number of nitrogens with zero attached hydrogens (tertiary/aromatic N) is 2. The minimum Gasteiger partial charge on any atom is -0.453 e. The number of hydrogen-bond acceptors (Lipinski definition) is 4. The zero-order valence-electron chi connectivity index (χ0n) is 11.7. The summed E-state index contributed by atoms with van der Waals surface area (Å²) in [5, 5.41) is 9.83. The van der Waals surface area contributed by atoms with Gasteiger partial charge in [-0.15, -0.1) is 0 Å². The van der Waals surface area contributed by atoms with E-state index in [1.54, 1.807) is 24.7 Å². The SMILES string of the molecule is CC1(C)OC(=O)c2c(Cl)cccc2C1n1cncc1CO. The van der Waals surface area contributed by atoms with Crippen molar-refractivity contribution in [3.8, 4) is 0 Å². The standard InChI is InChI=1S/C15H15ClN2O3/c1-15(2)13(18-8-17-6-9(18)7-19)10-4-3-5-11(16)12(10)14(20)21-15/h3-6,8,13,19H,7H2,1-2H3. The van der Waals surface area contributed by atoms with Crippen molar-refractivity contribution < 1.29 is 14.6 Å². The second-order valence-electron chi connectivity index (χ2n) is 5.55. The van der Waals surface area contributed by atoms with E-state index in [0.29, 0.717) is 16.3 Å². The van der Waals surface area contributed by atoms with E-state index in [1.165, 1.54) is 0 Å². The molecule has 2 heterocycles. The zero-order valence-corrected chi connectivity index (χ0v) is 12.5. The smallest absolute Gasteiger partial charge is 0.340 e. The van der Waals surface area contributed by atoms with Gasteiger partial charge in [0.05, 0.1) is 41.5 Å². The second-order valence-corrected chi connectivity index (χ2v) is 5.96. The molecule has 0 saturated carbocycles. The average molecular weight is 307 g/mol. The van der Waals surface area contributed by atoms with Gasteiger partial charge in [0.1, 0.15) is 5.60 Å². The minimum atomic E-state index is -0.778. The molecule has 1 atom stereocenters. The Bertz CT molecular complexity index is 709. The fourth-order valence-corrected chi connectivity index (χ4v) is 3.14. The van der Waals surface area contributed by atoms with E-state index in [0.717, 1.165) is 5.56 Å². The summed E-state index contributed by atoms with van der Waals surface area (Å²) in [6.45, 7) is 3.53. The van der Waals surface area contributed by atoms with Crippen LogP contribution < -0.4 is 0 Å². The van der Waals surface area contributed by atoms with Gasteiger partial charge < -0.3 is 14.4 Å². The van der Waals surface area contributed by atoms with E-state index in [2.05, 4.69) is 4.98 Å². The first kappa shape index (κ1) is 14.1. The maximum Gasteiger partial charge on any atom is 0.340 e. The highest BCUT2D eigenvalue weighted by Crippen LogP contribution is 2.42. The first-order chi connectivity index (χ1) is 9.95. The van der Waals surface area contributed by atoms with Crippen molar-refractivity contribution in [2.24, 2.45) is 0 Å². The van der Waals surface area contributed by atoms with Crippen molar-refractivity contribution in [2.45, 2.75) is 32.1 Å². The van der Waals surface area contributed by atoms with Gasteiger partial charge in [-0.3, -0.25) is 0 Å². The number of esters is 1. The van der Waals surface area contributed by atoms with Crippen LogP contribution in [0.25, 0.3) is 0 Å². The molecule has 1 aromatic carbocycles. The summed E-state index contributed by atoms with van der Waals surface area (Å²) in [5.74, 6) is -0.428. The highest BCUT2D eigenvalue weighted by atomic mass is 35.5. The monoisotopic (exact) mass is 306 g/mol. The van der Waals surface area contributed by atoms with Crippen molar-refractivity contribution in [3.05, 3.63) is 52.6 Å². The van der Waals surface area contributed by atoms with Gasteiger partial charge in [-0.2, -0.15) is 0 Å². The lowest BCUT2D eigenvalue weighted by Crippen LogP contribution is -2.44. The number of halogens is 1. The Morgan fingerprint density at radius 2 is 2.24 bits per heavy atom. The van der Waals surface area contributed by atoms with Gasteiger partial charge in [0.25, 0.3) is 0 Å². The van der Waals surface area contributed by atoms with Crippen LogP contribution in [0.2, 0.25) is 5.02 Å². The van der Waals surface area contributed by atoms with E-state index in [4.69, 9.17) is 16.3 Å². The average Bonchev–Trinajstić information content (AvgIpc) is 2.85. The number of aliphatic hydroxyl groups excluding tert-OH is 1. The molecule has 1 unspecified atom stereocenters. The summed E-state index contributed by atoms with van der Waals surface area (Å²) in [4.78, 5) is 16.3. The van der Waals surface area contributed by atoms with Gasteiger partial charge in [0.2, 0.25) is 0 Å². The van der Waals surface area contributed by atoms with E-state index < -0.39 is 11.6 Å². The number of carbonyl (C=O) groups excluding carboxylic acids is 1. The number of aliphatic hydroxyl groups is 1. The number of rotatable bonds is 2. The normalized spacial score (nSPS) is 20.0. The first-order valence-corrected chi connectivity index (χ1v) is 6.97. The van der Waals surface area contributed by atoms with Crippen LogP contribution in [0, 0.1) is 0 Å². The highest BCUT2D eigenvalue weighted by Gasteiger charge is 2.44. The van der Waals surface area contributed by atoms with Crippen LogP contribution in [-0.2, 0) is 11.3 Å². The van der Waals surface area contributed by atoms with Gasteiger partial charge in [0, 0.05) is 0 Å². The molecule has 0 spiro atoms. The van der Waals surface area contributed by atoms with Crippen LogP contribution in [0.15, 0.2) is 30.7 Å². The van der Waals surface area contributed by atoms with E-state index >= 15 is 0 Å². The Labute approximate surface area is 127 Å². The molecule has 0 amide bonds. The molecule has 1 N–H and O–H groups in total. The van der Waals surface area contributed by atoms with Crippen molar-refractivity contribution in [2.75, 3.05) is 0 Å². The van der Waals surface area contributed by atoms with Crippen LogP contribution >= 0.6 is 11.6 Å². The summed E-state index contributed by atoms with van der Waals surface area (Å²) < 4.78 is 7.38. The molecule has 3 rings (SSSR count). The molecule has 5 nitrogen and oxygen atoms in total. The second kappa shape index (κ2) is 4.86. The maximum atomic E-state index is 12.2. The lowest BCUT2D eigenvalue weighted by Gasteiger charge is -2.40. The molecule has 0 saturated heterocycles. The Morgan fingerprint density at radius 1 is 1.48 bits per heavy atom. The number of benzene rings is 1. The Hall–Kier alpha value is -1.85. The molecule has 0 radical (unpaired) electrons. The summed E-state index contributed by atoms with van der Waals surface area (Å²) in [7, 11) is 0. The fourth-order valence-electron chi connectivity index (χ4n) is 2.88. The van der Waals surface area contributed by atoms with Crippen LogP contribution in [0.1, 0.15) is 41.5 Å². The molecule has 6 heteroatoms. The van der Waals surface area contributed by atoms with Gasteiger partial charge in [0.15, 0.2) is 0 Å². The number of aromatic nitrogens is 2. The Balaban J connectivity index is 2.26. The third kappa shape index (κ3) is 2.13. The lowest BCUT2D eigenvalue weighted by atomic mass is 9.85. The van der Waals surface area contributed by atoms with E-state index in [1.807, 2.05) is 24.5 Å². The van der Waals surface area contributed by atoms with Crippen LogP contribution in [0.5, 0.6) is 0 Å². The molecule has 0 bridgehead atoms. The summed E-state index contributed by atoms with van der Waals surface area (Å²) >= 11 is 6.16. The summed E-state index contributed by atoms with van der Waals surface area (Å²) in [5.41, 5.74) is 1.02. The number of imidazole rings is 1. The predicted molar refractivity (Wildman–Crippen MR) is 77.2 cm³/mol. The largest absolute Gasteiger partial charge is 0.453 e. The van der Waals surface area contributed by atoms with Crippen molar-refractivity contribution >= 4 is 17.6 Å². The maximum absolute atomic E-state index is 12.2. The van der Waals surface area contributed by atoms with E-state index in [-0.39, 0.29) is 12.6 Å². The number of ether oxygens (including phenoxy) is 1. The molecule has 1 aliphatic rings. The van der Waals surface area contributed by atoms with Crippen molar-refractivity contribution in [3.63, 3.8) is 0 Å². The van der Waals surface area contributed by atoms with Gasteiger partial charge >= 0.3 is 5.97 Å². The summed E-state index contributed by atoms with van der Waals surface area (Å²) in [6.07, 6.45) is 3.22. The van der Waals surface area contributed by atoms with Crippen molar-refractivity contribution in [1.29, 1.82) is 0 Å². The Morgan fingerprint density at radius 3 is 2.95 bits per heavy atom. The van der Waals surface area contributed by atoms with Crippen molar-refractivity contribution in [1.82, 2.24) is 9.55 Å². The van der Waals surface area contributed by atoms with Gasteiger partial charge in [-0.25, -0.2) is 9.78 Å². The molecule has 0 fully saturated rings. The summed E-state index contributed by atoms with van der Waals surface area (Å²) in [6, 6.07) is 5.03. The third-order valence-electron chi connectivity index (χ3n) is 3.75. The molecule has 0 aliphatic carbocycles.